The molecule has 3 heteroatoms. The van der Waals surface area contributed by atoms with Gasteiger partial charge in [0.05, 0.1) is 0 Å². The summed E-state index contributed by atoms with van der Waals surface area (Å²) in [5, 5.41) is 10.6. The van der Waals surface area contributed by atoms with E-state index < -0.39 is 0 Å². The zero-order chi connectivity index (χ0) is 11.6. The molecule has 15 heavy (non-hydrogen) atoms. The maximum Gasteiger partial charge on any atom is 0.123 e. The van der Waals surface area contributed by atoms with Crippen molar-refractivity contribution in [2.75, 3.05) is 19.6 Å². The predicted octanol–water partition coefficient (Wildman–Crippen LogP) is 2.05. The Morgan fingerprint density at radius 3 is 1.53 bits per heavy atom. The molecule has 0 aliphatic carbocycles. The fourth-order valence-corrected chi connectivity index (χ4v) is 2.00. The quantitative estimate of drug-likeness (QED) is 0.385. The molecule has 0 aliphatic heterocycles. The Balaban J connectivity index is 4.18. The van der Waals surface area contributed by atoms with Gasteiger partial charge in [-0.25, -0.2) is 0 Å². The minimum atomic E-state index is -0.0482. The van der Waals surface area contributed by atoms with E-state index in [0.29, 0.717) is 0 Å². The molecule has 3 nitrogen and oxygen atoms in total. The molecule has 0 fully saturated rings. The van der Waals surface area contributed by atoms with Crippen LogP contribution in [0.4, 0.5) is 0 Å². The molecule has 0 spiro atoms. The molecule has 92 valence electrons. The van der Waals surface area contributed by atoms with Crippen molar-refractivity contribution >= 4 is 0 Å². The van der Waals surface area contributed by atoms with Gasteiger partial charge in [0, 0.05) is 0 Å². The number of hydrogen-bond acceptors (Lipinski definition) is 3. The lowest BCUT2D eigenvalue weighted by Crippen LogP contribution is -2.66. The molecular formula is C12H29N3. The van der Waals surface area contributed by atoms with Crippen LogP contribution in [0.15, 0.2) is 0 Å². The van der Waals surface area contributed by atoms with Crippen molar-refractivity contribution in [2.24, 2.45) is 0 Å². The highest BCUT2D eigenvalue weighted by Crippen LogP contribution is 2.09. The van der Waals surface area contributed by atoms with Gasteiger partial charge >= 0.3 is 0 Å². The number of rotatable bonds is 10. The van der Waals surface area contributed by atoms with Crippen molar-refractivity contribution in [3.8, 4) is 0 Å². The monoisotopic (exact) mass is 215 g/mol. The lowest BCUT2D eigenvalue weighted by molar-refractivity contribution is 0.187. The molecule has 0 unspecified atom stereocenters. The molecule has 0 bridgehead atoms. The van der Waals surface area contributed by atoms with Gasteiger partial charge in [0.15, 0.2) is 0 Å². The molecule has 0 amide bonds. The summed E-state index contributed by atoms with van der Waals surface area (Å²) in [6, 6.07) is 0. The molecule has 0 aliphatic rings. The van der Waals surface area contributed by atoms with Crippen LogP contribution in [-0.4, -0.2) is 25.4 Å². The first-order valence-corrected chi connectivity index (χ1v) is 6.49. The van der Waals surface area contributed by atoms with Crippen molar-refractivity contribution in [1.82, 2.24) is 16.0 Å². The first kappa shape index (κ1) is 14.9. The van der Waals surface area contributed by atoms with Crippen LogP contribution in [0.25, 0.3) is 0 Å². The maximum atomic E-state index is 3.53. The van der Waals surface area contributed by atoms with Gasteiger partial charge in [-0.2, -0.15) is 0 Å². The van der Waals surface area contributed by atoms with Gasteiger partial charge in [-0.05, 0) is 32.5 Å². The van der Waals surface area contributed by atoms with Crippen LogP contribution in [0.3, 0.4) is 0 Å². The normalized spacial score (nSPS) is 12.0. The highest BCUT2D eigenvalue weighted by atomic mass is 15.3. The van der Waals surface area contributed by atoms with Crippen LogP contribution in [0.2, 0.25) is 0 Å². The topological polar surface area (TPSA) is 36.1 Å². The molecule has 0 rings (SSSR count). The molecule has 0 aromatic heterocycles. The summed E-state index contributed by atoms with van der Waals surface area (Å²) in [6.45, 7) is 11.7. The Morgan fingerprint density at radius 1 is 0.733 bits per heavy atom. The standard InChI is InChI=1S/C12H29N3/c1-5-9-10-11-12(13-6-2,14-7-3)15-8-4/h13-15H,5-11H2,1-4H3. The third-order valence-corrected chi connectivity index (χ3v) is 2.59. The Labute approximate surface area is 95.4 Å². The lowest BCUT2D eigenvalue weighted by Gasteiger charge is -2.36. The Bertz CT molecular complexity index is 120. The number of unbranched alkanes of at least 4 members (excludes halogenated alkanes) is 2. The van der Waals surface area contributed by atoms with E-state index in [9.17, 15) is 0 Å². The fourth-order valence-electron chi connectivity index (χ4n) is 2.00. The largest absolute Gasteiger partial charge is 0.287 e. The molecule has 0 saturated carbocycles. The van der Waals surface area contributed by atoms with E-state index in [1.807, 2.05) is 0 Å². The van der Waals surface area contributed by atoms with E-state index in [1.165, 1.54) is 19.3 Å². The molecule has 0 saturated heterocycles. The van der Waals surface area contributed by atoms with Gasteiger partial charge in [0.25, 0.3) is 0 Å². The van der Waals surface area contributed by atoms with Crippen molar-refractivity contribution in [1.29, 1.82) is 0 Å². The van der Waals surface area contributed by atoms with E-state index in [-0.39, 0.29) is 5.79 Å². The van der Waals surface area contributed by atoms with E-state index in [4.69, 9.17) is 0 Å². The van der Waals surface area contributed by atoms with Crippen molar-refractivity contribution in [3.05, 3.63) is 0 Å². The smallest absolute Gasteiger partial charge is 0.123 e. The van der Waals surface area contributed by atoms with Gasteiger partial charge in [-0.1, -0.05) is 40.5 Å². The molecule has 0 radical (unpaired) electrons. The van der Waals surface area contributed by atoms with Crippen LogP contribution in [-0.2, 0) is 0 Å². The first-order chi connectivity index (χ1) is 7.24. The summed E-state index contributed by atoms with van der Waals surface area (Å²) in [7, 11) is 0. The van der Waals surface area contributed by atoms with Gasteiger partial charge in [0.1, 0.15) is 5.79 Å². The van der Waals surface area contributed by atoms with E-state index >= 15 is 0 Å². The second-order valence-electron chi connectivity index (χ2n) is 3.95. The fraction of sp³-hybridized carbons (Fsp3) is 1.00. The SMILES string of the molecule is CCCCCC(NCC)(NCC)NCC. The zero-order valence-corrected chi connectivity index (χ0v) is 10.9. The third kappa shape index (κ3) is 6.13. The Morgan fingerprint density at radius 2 is 1.20 bits per heavy atom. The number of nitrogens with one attached hydrogen (secondary N) is 3. The summed E-state index contributed by atoms with van der Waals surface area (Å²) in [6.07, 6.45) is 5.00. The summed E-state index contributed by atoms with van der Waals surface area (Å²) in [4.78, 5) is 0. The van der Waals surface area contributed by atoms with Crippen LogP contribution < -0.4 is 16.0 Å². The Kier molecular flexibility index (Phi) is 9.06. The molecular weight excluding hydrogens is 186 g/mol. The van der Waals surface area contributed by atoms with Gasteiger partial charge < -0.3 is 0 Å². The molecule has 0 heterocycles. The molecule has 0 atom stereocenters. The van der Waals surface area contributed by atoms with Crippen molar-refractivity contribution in [3.63, 3.8) is 0 Å². The second-order valence-corrected chi connectivity index (χ2v) is 3.95. The number of hydrogen-bond donors (Lipinski definition) is 3. The average Bonchev–Trinajstić information content (AvgIpc) is 2.19. The van der Waals surface area contributed by atoms with Crippen LogP contribution >= 0.6 is 0 Å². The first-order valence-electron chi connectivity index (χ1n) is 6.49. The summed E-state index contributed by atoms with van der Waals surface area (Å²) >= 11 is 0. The Hall–Kier alpha value is -0.120. The third-order valence-electron chi connectivity index (χ3n) is 2.59. The predicted molar refractivity (Wildman–Crippen MR) is 67.9 cm³/mol. The molecule has 0 aromatic carbocycles. The highest BCUT2D eigenvalue weighted by Gasteiger charge is 2.25. The molecule has 3 N–H and O–H groups in total. The maximum absolute atomic E-state index is 3.53. The van der Waals surface area contributed by atoms with Crippen LogP contribution in [0.5, 0.6) is 0 Å². The zero-order valence-electron chi connectivity index (χ0n) is 10.9. The minimum absolute atomic E-state index is 0.0482. The van der Waals surface area contributed by atoms with Crippen molar-refractivity contribution < 1.29 is 0 Å². The second kappa shape index (κ2) is 9.13. The van der Waals surface area contributed by atoms with Gasteiger partial charge in [0.2, 0.25) is 0 Å². The average molecular weight is 215 g/mol. The summed E-state index contributed by atoms with van der Waals surface area (Å²) < 4.78 is 0. The van der Waals surface area contributed by atoms with E-state index in [2.05, 4.69) is 43.6 Å². The van der Waals surface area contributed by atoms with E-state index in [0.717, 1.165) is 26.1 Å². The lowest BCUT2D eigenvalue weighted by atomic mass is 10.1. The molecule has 0 aromatic rings. The summed E-state index contributed by atoms with van der Waals surface area (Å²) in [5.41, 5.74) is 0. The minimum Gasteiger partial charge on any atom is -0.287 e. The summed E-state index contributed by atoms with van der Waals surface area (Å²) in [5.74, 6) is -0.0482. The van der Waals surface area contributed by atoms with Gasteiger partial charge in [-0.3, -0.25) is 16.0 Å². The van der Waals surface area contributed by atoms with E-state index in [1.54, 1.807) is 0 Å². The highest BCUT2D eigenvalue weighted by molar-refractivity contribution is 4.81. The van der Waals surface area contributed by atoms with Crippen LogP contribution in [0, 0.1) is 0 Å². The van der Waals surface area contributed by atoms with Crippen LogP contribution in [0.1, 0.15) is 53.4 Å². The van der Waals surface area contributed by atoms with Crippen molar-refractivity contribution in [2.45, 2.75) is 59.2 Å². The van der Waals surface area contributed by atoms with Gasteiger partial charge in [-0.15, -0.1) is 0 Å².